The number of aliphatic carboxylic acids is 1. The highest BCUT2D eigenvalue weighted by atomic mass is 35.5. The molecule has 0 spiro atoms. The third kappa shape index (κ3) is 21.0. The Labute approximate surface area is 606 Å². The largest absolute Gasteiger partial charge is 0.489 e. The van der Waals surface area contributed by atoms with Gasteiger partial charge in [-0.1, -0.05) is 71.2 Å². The van der Waals surface area contributed by atoms with E-state index in [9.17, 15) is 55.0 Å². The van der Waals surface area contributed by atoms with Gasteiger partial charge in [-0.15, -0.1) is 0 Å². The first kappa shape index (κ1) is 79.0. The molecule has 7 heterocycles. The van der Waals surface area contributed by atoms with E-state index in [0.717, 1.165) is 29.6 Å². The standard InChI is InChI=1S/C23H22F2N4O3.C17H18FN3O2.C17H17FN2O3.C6H5ClFN.C5H3ClFNO.C5H3ClFN/c1-13-19(11-26-14(2)27-13)32-12-23(15-5-4-6-16(24)9-15)10-17(23)21(30)28-20-8-7-18(25)22(29-20)31-3;1-10-15(8-20-11(2)21-10)23-9-17(7-14(17)16(19)22)12-4-3-5-13(18)6-12;1-10-15(8-19-11(2)20-10)23-9-17(7-14(17)16(21)22)12-4-3-5-13(18)6-12;1-4-5(8)2-3-6(7)9-4;6-4-2-1-3(7)5(9)8-4;6-5-2-1-4(7)3-8-5/h4-9,11,17H,10,12H2,1-3H3,(H,28,29,30);3-6,8,14H,7,9H2,1-2H3,(H2,19,22);3-6,8,14H,7,9H2,1-2H3,(H,21,22);2-3H,1H3;1-2H,(H,8,9);1-3H/t17-,23+;2*14-,17+;;;/m000.../s1. The van der Waals surface area contributed by atoms with Gasteiger partial charge in [0.2, 0.25) is 11.8 Å². The third-order valence-corrected chi connectivity index (χ3v) is 17.4. The van der Waals surface area contributed by atoms with Crippen LogP contribution >= 0.6 is 34.8 Å². The van der Waals surface area contributed by atoms with E-state index in [2.05, 4.69) is 55.2 Å². The molecule has 3 aliphatic rings. The van der Waals surface area contributed by atoms with Crippen LogP contribution in [0.1, 0.15) is 76.2 Å². The first-order chi connectivity index (χ1) is 49.3. The molecule has 10 aromatic rings. The van der Waals surface area contributed by atoms with Crippen LogP contribution in [0.5, 0.6) is 23.1 Å². The fraction of sp³-hybridized carbons (Fsp3) is 0.274. The molecule has 3 fully saturated rings. The molecule has 0 bridgehead atoms. The minimum atomic E-state index is -0.894. The summed E-state index contributed by atoms with van der Waals surface area (Å²) in [6, 6.07) is 28.6. The van der Waals surface area contributed by atoms with Crippen LogP contribution in [0.3, 0.4) is 0 Å². The monoisotopic (exact) mass is 1490 g/mol. The normalized spacial score (nSPS) is 18.3. The maximum Gasteiger partial charge on any atom is 0.307 e. The van der Waals surface area contributed by atoms with Crippen molar-refractivity contribution in [2.45, 2.75) is 84.0 Å². The molecule has 7 aromatic heterocycles. The van der Waals surface area contributed by atoms with Crippen LogP contribution in [0, 0.1) is 107 Å². The molecule has 0 radical (unpaired) electrons. The lowest BCUT2D eigenvalue weighted by Gasteiger charge is -2.20. The summed E-state index contributed by atoms with van der Waals surface area (Å²) < 4.78 is 114. The Morgan fingerprint density at radius 2 is 0.942 bits per heavy atom. The fourth-order valence-electron chi connectivity index (χ4n) is 11.0. The molecule has 104 heavy (non-hydrogen) atoms. The van der Waals surface area contributed by atoms with Gasteiger partial charge in [0.05, 0.1) is 92.2 Å². The summed E-state index contributed by atoms with van der Waals surface area (Å²) in [6.45, 7) is 12.9. The van der Waals surface area contributed by atoms with E-state index >= 15 is 0 Å². The van der Waals surface area contributed by atoms with E-state index < -0.39 is 63.0 Å². The highest BCUT2D eigenvalue weighted by Crippen LogP contribution is 2.57. The van der Waals surface area contributed by atoms with Gasteiger partial charge in [-0.05, 0) is 169 Å². The molecule has 544 valence electrons. The number of H-pyrrole nitrogens is 1. The number of aromatic amines is 1. The number of primary amides is 1. The van der Waals surface area contributed by atoms with Crippen molar-refractivity contribution in [3.05, 3.63) is 270 Å². The van der Waals surface area contributed by atoms with Crippen LogP contribution in [-0.4, -0.2) is 99.7 Å². The molecule has 21 nitrogen and oxygen atoms in total. The average Bonchev–Trinajstić information content (AvgIpc) is 1.59. The summed E-state index contributed by atoms with van der Waals surface area (Å²) in [6.07, 6.45) is 7.28. The van der Waals surface area contributed by atoms with Crippen LogP contribution in [0.15, 0.2) is 151 Å². The van der Waals surface area contributed by atoms with Crippen molar-refractivity contribution in [1.82, 2.24) is 49.8 Å². The number of carboxylic acid groups (broad SMARTS) is 1. The van der Waals surface area contributed by atoms with Gasteiger partial charge in [0.1, 0.15) is 67.8 Å². The number of carboxylic acids is 1. The van der Waals surface area contributed by atoms with Crippen molar-refractivity contribution in [3.63, 3.8) is 0 Å². The second kappa shape index (κ2) is 35.0. The van der Waals surface area contributed by atoms with E-state index in [1.54, 1.807) is 89.6 Å². The number of benzene rings is 3. The van der Waals surface area contributed by atoms with E-state index in [4.69, 9.17) is 59.5 Å². The Morgan fingerprint density at radius 3 is 1.31 bits per heavy atom. The van der Waals surface area contributed by atoms with Gasteiger partial charge in [-0.2, -0.15) is 4.98 Å². The van der Waals surface area contributed by atoms with Crippen LogP contribution in [0.2, 0.25) is 15.5 Å². The van der Waals surface area contributed by atoms with Gasteiger partial charge in [-0.3, -0.25) is 19.2 Å². The molecule has 0 saturated heterocycles. The summed E-state index contributed by atoms with van der Waals surface area (Å²) in [7, 11) is 1.29. The van der Waals surface area contributed by atoms with Crippen molar-refractivity contribution in [1.29, 1.82) is 0 Å². The summed E-state index contributed by atoms with van der Waals surface area (Å²) >= 11 is 16.1. The Bertz CT molecular complexity index is 4640. The van der Waals surface area contributed by atoms with Gasteiger partial charge in [0, 0.05) is 16.2 Å². The van der Waals surface area contributed by atoms with Crippen molar-refractivity contribution >= 4 is 58.4 Å². The Balaban J connectivity index is 0.000000170. The van der Waals surface area contributed by atoms with Gasteiger partial charge >= 0.3 is 5.97 Å². The first-order valence-corrected chi connectivity index (χ1v) is 32.7. The van der Waals surface area contributed by atoms with Gasteiger partial charge < -0.3 is 40.1 Å². The minimum Gasteiger partial charge on any atom is -0.489 e. The second-order valence-corrected chi connectivity index (χ2v) is 25.3. The van der Waals surface area contributed by atoms with E-state index in [1.165, 1.54) is 79.9 Å². The quantitative estimate of drug-likeness (QED) is 0.0486. The number of rotatable bonds is 17. The maximum absolute atomic E-state index is 14.0. The van der Waals surface area contributed by atoms with Crippen LogP contribution < -0.4 is 35.6 Å². The first-order valence-electron chi connectivity index (χ1n) is 31.6. The van der Waals surface area contributed by atoms with Crippen LogP contribution in [-0.2, 0) is 30.6 Å². The number of nitrogens with one attached hydrogen (secondary N) is 2. The lowest BCUT2D eigenvalue weighted by Crippen LogP contribution is -2.27. The second-order valence-electron chi connectivity index (χ2n) is 24.1. The number of hydrogen-bond donors (Lipinski definition) is 4. The molecule has 0 unspecified atom stereocenters. The number of amides is 2. The average molecular weight is 1500 g/mol. The molecule has 5 N–H and O–H groups in total. The number of aryl methyl sites for hydroxylation is 7. The van der Waals surface area contributed by atoms with Gasteiger partial charge in [0.25, 0.3) is 11.4 Å². The SMILES string of the molecule is COc1nc(NC(=O)[C@@H]2C[C@@]2(COc2cnc(C)nc2C)c2cccc(F)c2)ccc1F.Cc1nc(Cl)ccc1F.Cc1ncc(OC[C@@]2(c3cccc(F)c3)C[C@H]2C(=O)O)c(C)n1.Cc1ncc(OC[C@@]2(c3cccc(F)c3)C[C@H]2C(N)=O)c(C)n1.Fc1ccc(Cl)nc1.O=c1[nH]c(Cl)ccc1F. The predicted molar refractivity (Wildman–Crippen MR) is 371 cm³/mol. The Hall–Kier alpha value is -10.7. The van der Waals surface area contributed by atoms with Gasteiger partial charge in [-0.25, -0.2) is 70.6 Å². The Kier molecular flexibility index (Phi) is 26.6. The third-order valence-electron chi connectivity index (χ3n) is 16.8. The van der Waals surface area contributed by atoms with Crippen molar-refractivity contribution in [3.8, 4) is 23.1 Å². The summed E-state index contributed by atoms with van der Waals surface area (Å²) in [5.41, 5.74) is 7.12. The molecule has 3 aromatic carbocycles. The molecule has 6 atom stereocenters. The van der Waals surface area contributed by atoms with Crippen molar-refractivity contribution < 1.29 is 69.2 Å². The molecule has 3 saturated carbocycles. The molecular weight excluding hydrogens is 1430 g/mol. The lowest BCUT2D eigenvalue weighted by atomic mass is 9.93. The highest BCUT2D eigenvalue weighted by molar-refractivity contribution is 6.29. The number of aromatic nitrogens is 10. The lowest BCUT2D eigenvalue weighted by molar-refractivity contribution is -0.139. The number of nitrogens with zero attached hydrogens (tertiary/aromatic N) is 9. The number of halogens is 10. The van der Waals surface area contributed by atoms with Gasteiger partial charge in [0.15, 0.2) is 28.9 Å². The number of pyridine rings is 4. The molecule has 0 aliphatic heterocycles. The zero-order chi connectivity index (χ0) is 75.8. The number of anilines is 1. The summed E-state index contributed by atoms with van der Waals surface area (Å²) in [5.74, 6) is -2.82. The highest BCUT2D eigenvalue weighted by Gasteiger charge is 2.62. The van der Waals surface area contributed by atoms with E-state index in [0.29, 0.717) is 92.5 Å². The number of nitrogens with two attached hydrogens (primary N) is 1. The molecule has 13 rings (SSSR count). The number of hydrogen-bond acceptors (Lipinski definition) is 17. The minimum absolute atomic E-state index is 0.140. The topological polar surface area (TPSA) is 295 Å². The molecular formula is C73H68Cl3F7N12O9. The smallest absolute Gasteiger partial charge is 0.307 e. The summed E-state index contributed by atoms with van der Waals surface area (Å²) in [5, 5.41) is 12.8. The van der Waals surface area contributed by atoms with Crippen molar-refractivity contribution in [2.24, 2.45) is 23.5 Å². The maximum atomic E-state index is 14.0. The molecule has 3 aliphatic carbocycles. The number of ether oxygens (including phenoxy) is 4. The molecule has 2 amide bonds. The summed E-state index contributed by atoms with van der Waals surface area (Å²) in [4.78, 5) is 84.6. The number of carbonyl (C=O) groups excluding carboxylic acids is 2. The Morgan fingerprint density at radius 1 is 0.510 bits per heavy atom. The zero-order valence-corrected chi connectivity index (χ0v) is 59.2. The number of carbonyl (C=O) groups is 3. The molecule has 31 heteroatoms. The fourth-order valence-corrected chi connectivity index (χ4v) is 11.4. The number of methoxy groups -OCH3 is 1. The van der Waals surface area contributed by atoms with Crippen LogP contribution in [0.25, 0.3) is 0 Å². The predicted octanol–water partition coefficient (Wildman–Crippen LogP) is 13.7. The van der Waals surface area contributed by atoms with E-state index in [1.807, 2.05) is 13.8 Å². The van der Waals surface area contributed by atoms with Crippen LogP contribution in [0.4, 0.5) is 36.6 Å². The zero-order valence-electron chi connectivity index (χ0n) is 56.9. The van der Waals surface area contributed by atoms with E-state index in [-0.39, 0.29) is 71.8 Å². The van der Waals surface area contributed by atoms with Crippen molar-refractivity contribution in [2.75, 3.05) is 32.2 Å².